The van der Waals surface area contributed by atoms with E-state index in [4.69, 9.17) is 10.5 Å². The van der Waals surface area contributed by atoms with Crippen molar-refractivity contribution in [1.29, 1.82) is 0 Å². The fourth-order valence-electron chi connectivity index (χ4n) is 2.30. The summed E-state index contributed by atoms with van der Waals surface area (Å²) in [5, 5.41) is 3.03. The number of hydrogen-bond acceptors (Lipinski definition) is 4. The van der Waals surface area contributed by atoms with E-state index in [0.717, 1.165) is 29.9 Å². The number of amides is 1. The zero-order valence-electron chi connectivity index (χ0n) is 12.0. The number of nitrogens with one attached hydrogen (secondary N) is 1. The maximum absolute atomic E-state index is 12.2. The van der Waals surface area contributed by atoms with Crippen LogP contribution in [0.3, 0.4) is 0 Å². The first-order valence-electron chi connectivity index (χ1n) is 6.80. The molecule has 1 aliphatic rings. The van der Waals surface area contributed by atoms with Crippen LogP contribution in [0.25, 0.3) is 0 Å². The molecular formula is C14H23ClN2O2S. The highest BCUT2D eigenvalue weighted by molar-refractivity contribution is 7.14. The summed E-state index contributed by atoms with van der Waals surface area (Å²) in [6.45, 7) is 6.14. The fraction of sp³-hybridized carbons (Fsp3) is 0.643. The van der Waals surface area contributed by atoms with Gasteiger partial charge in [-0.25, -0.2) is 0 Å². The molecule has 0 aliphatic carbocycles. The first kappa shape index (κ1) is 17.4. The number of halogens is 1. The summed E-state index contributed by atoms with van der Waals surface area (Å²) in [7, 11) is 0. The first-order chi connectivity index (χ1) is 9.10. The average molecular weight is 319 g/mol. The lowest BCUT2D eigenvalue weighted by molar-refractivity contribution is 0.0937. The van der Waals surface area contributed by atoms with Gasteiger partial charge in [-0.3, -0.25) is 4.79 Å². The van der Waals surface area contributed by atoms with Gasteiger partial charge in [0.1, 0.15) is 0 Å². The van der Waals surface area contributed by atoms with Crippen molar-refractivity contribution >= 4 is 29.7 Å². The van der Waals surface area contributed by atoms with Crippen molar-refractivity contribution in [3.63, 3.8) is 0 Å². The van der Waals surface area contributed by atoms with Crippen molar-refractivity contribution in [3.05, 3.63) is 21.4 Å². The Bertz CT molecular complexity index is 425. The Labute approximate surface area is 130 Å². The molecule has 0 spiro atoms. The third-order valence-corrected chi connectivity index (χ3v) is 4.46. The van der Waals surface area contributed by atoms with E-state index in [1.54, 1.807) is 11.3 Å². The Morgan fingerprint density at radius 2 is 2.30 bits per heavy atom. The van der Waals surface area contributed by atoms with Crippen molar-refractivity contribution in [2.75, 3.05) is 13.2 Å². The minimum absolute atomic E-state index is 0. The maximum Gasteiger partial charge on any atom is 0.261 e. The molecule has 1 aromatic heterocycles. The molecule has 0 saturated carbocycles. The molecule has 1 unspecified atom stereocenters. The van der Waals surface area contributed by atoms with E-state index in [1.807, 2.05) is 6.07 Å². The minimum Gasteiger partial charge on any atom is -0.376 e. The van der Waals surface area contributed by atoms with Crippen LogP contribution in [0.5, 0.6) is 0 Å². The largest absolute Gasteiger partial charge is 0.376 e. The number of ether oxygens (including phenoxy) is 1. The van der Waals surface area contributed by atoms with Crippen LogP contribution in [-0.4, -0.2) is 25.1 Å². The van der Waals surface area contributed by atoms with E-state index < -0.39 is 0 Å². The van der Waals surface area contributed by atoms with Crippen molar-refractivity contribution in [1.82, 2.24) is 5.32 Å². The van der Waals surface area contributed by atoms with Crippen molar-refractivity contribution < 1.29 is 9.53 Å². The Morgan fingerprint density at radius 1 is 1.55 bits per heavy atom. The first-order valence-corrected chi connectivity index (χ1v) is 7.62. The highest BCUT2D eigenvalue weighted by atomic mass is 35.5. The van der Waals surface area contributed by atoms with Crippen LogP contribution in [0.4, 0.5) is 0 Å². The third-order valence-electron chi connectivity index (χ3n) is 3.23. The normalized spacial score (nSPS) is 15.4. The quantitative estimate of drug-likeness (QED) is 0.876. The highest BCUT2D eigenvalue weighted by Gasteiger charge is 2.19. The predicted molar refractivity (Wildman–Crippen MR) is 84.7 cm³/mol. The van der Waals surface area contributed by atoms with Crippen molar-refractivity contribution in [3.8, 4) is 0 Å². The van der Waals surface area contributed by atoms with Gasteiger partial charge in [0.25, 0.3) is 5.91 Å². The molecule has 2 rings (SSSR count). The second-order valence-electron chi connectivity index (χ2n) is 5.40. The van der Waals surface area contributed by atoms with Gasteiger partial charge in [-0.2, -0.15) is 0 Å². The van der Waals surface area contributed by atoms with E-state index in [2.05, 4.69) is 19.2 Å². The maximum atomic E-state index is 12.2. The van der Waals surface area contributed by atoms with Gasteiger partial charge in [0.05, 0.1) is 18.1 Å². The summed E-state index contributed by atoms with van der Waals surface area (Å²) in [5.74, 6) is 0.522. The van der Waals surface area contributed by atoms with Crippen LogP contribution in [-0.2, 0) is 17.8 Å². The highest BCUT2D eigenvalue weighted by Crippen LogP contribution is 2.27. The Morgan fingerprint density at radius 3 is 2.90 bits per heavy atom. The van der Waals surface area contributed by atoms with Crippen LogP contribution in [0.2, 0.25) is 0 Å². The Hall–Kier alpha value is -0.620. The molecule has 4 nitrogen and oxygen atoms in total. The zero-order chi connectivity index (χ0) is 13.8. The van der Waals surface area contributed by atoms with E-state index in [0.29, 0.717) is 19.1 Å². The monoisotopic (exact) mass is 318 g/mol. The topological polar surface area (TPSA) is 64.3 Å². The molecule has 0 saturated heterocycles. The van der Waals surface area contributed by atoms with Gasteiger partial charge in [0, 0.05) is 23.9 Å². The second-order valence-corrected chi connectivity index (χ2v) is 6.53. The molecule has 0 aromatic carbocycles. The SMILES string of the molecule is CC(C)CC(CN)NC(=O)c1cc2c(s1)CCOC2.Cl. The molecule has 0 radical (unpaired) electrons. The van der Waals surface area contributed by atoms with E-state index >= 15 is 0 Å². The zero-order valence-corrected chi connectivity index (χ0v) is 13.6. The lowest BCUT2D eigenvalue weighted by atomic mass is 10.0. The van der Waals surface area contributed by atoms with Gasteiger partial charge in [0.2, 0.25) is 0 Å². The smallest absolute Gasteiger partial charge is 0.261 e. The number of carbonyl (C=O) groups is 1. The fourth-order valence-corrected chi connectivity index (χ4v) is 3.35. The number of thiophene rings is 1. The van der Waals surface area contributed by atoms with Crippen LogP contribution < -0.4 is 11.1 Å². The lowest BCUT2D eigenvalue weighted by Crippen LogP contribution is -2.40. The van der Waals surface area contributed by atoms with Crippen molar-refractivity contribution in [2.45, 2.75) is 39.3 Å². The Balaban J connectivity index is 0.00000200. The number of fused-ring (bicyclic) bond motifs is 1. The summed E-state index contributed by atoms with van der Waals surface area (Å²) in [5.41, 5.74) is 6.88. The molecule has 0 bridgehead atoms. The van der Waals surface area contributed by atoms with E-state index in [9.17, 15) is 4.79 Å². The molecular weight excluding hydrogens is 296 g/mol. The number of nitrogens with two attached hydrogens (primary N) is 1. The average Bonchev–Trinajstić information content (AvgIpc) is 2.81. The minimum atomic E-state index is -0.00417. The lowest BCUT2D eigenvalue weighted by Gasteiger charge is -2.18. The van der Waals surface area contributed by atoms with E-state index in [-0.39, 0.29) is 24.4 Å². The summed E-state index contributed by atoms with van der Waals surface area (Å²) in [6, 6.07) is 2.01. The number of carbonyl (C=O) groups excluding carboxylic acids is 1. The second kappa shape index (κ2) is 7.98. The molecule has 3 N–H and O–H groups in total. The van der Waals surface area contributed by atoms with E-state index in [1.165, 1.54) is 4.88 Å². The molecule has 1 aliphatic heterocycles. The Kier molecular flexibility index (Phi) is 6.95. The molecule has 1 atom stereocenters. The van der Waals surface area contributed by atoms with Gasteiger partial charge in [-0.05, 0) is 24.0 Å². The molecule has 1 amide bonds. The van der Waals surface area contributed by atoms with Crippen LogP contribution in [0, 0.1) is 5.92 Å². The van der Waals surface area contributed by atoms with Gasteiger partial charge in [-0.15, -0.1) is 23.7 Å². The van der Waals surface area contributed by atoms with Crippen LogP contribution in [0.15, 0.2) is 6.07 Å². The van der Waals surface area contributed by atoms with Crippen LogP contribution in [0.1, 0.15) is 40.4 Å². The molecule has 0 fully saturated rings. The summed E-state index contributed by atoms with van der Waals surface area (Å²) < 4.78 is 5.40. The number of hydrogen-bond donors (Lipinski definition) is 2. The molecule has 6 heteroatoms. The third kappa shape index (κ3) is 4.45. The standard InChI is InChI=1S/C14H22N2O2S.ClH/c1-9(2)5-11(7-15)16-14(17)13-6-10-8-18-4-3-12(10)19-13;/h6,9,11H,3-5,7-8,15H2,1-2H3,(H,16,17);1H. The number of rotatable bonds is 5. The molecule has 20 heavy (non-hydrogen) atoms. The van der Waals surface area contributed by atoms with Gasteiger partial charge < -0.3 is 15.8 Å². The van der Waals surface area contributed by atoms with Gasteiger partial charge in [-0.1, -0.05) is 13.8 Å². The summed E-state index contributed by atoms with van der Waals surface area (Å²) in [6.07, 6.45) is 1.83. The molecule has 2 heterocycles. The van der Waals surface area contributed by atoms with Gasteiger partial charge >= 0.3 is 0 Å². The van der Waals surface area contributed by atoms with Gasteiger partial charge in [0.15, 0.2) is 0 Å². The predicted octanol–water partition coefficient (Wildman–Crippen LogP) is 2.35. The summed E-state index contributed by atoms with van der Waals surface area (Å²) in [4.78, 5) is 14.3. The molecule has 1 aromatic rings. The van der Waals surface area contributed by atoms with Crippen LogP contribution >= 0.6 is 23.7 Å². The summed E-state index contributed by atoms with van der Waals surface area (Å²) >= 11 is 1.58. The molecule has 114 valence electrons. The van der Waals surface area contributed by atoms with Crippen molar-refractivity contribution in [2.24, 2.45) is 11.7 Å².